The van der Waals surface area contributed by atoms with E-state index in [4.69, 9.17) is 0 Å². The second-order valence-corrected chi connectivity index (χ2v) is 5.77. The van der Waals surface area contributed by atoms with Crippen LogP contribution in [0.3, 0.4) is 0 Å². The maximum atomic E-state index is 4.28. The summed E-state index contributed by atoms with van der Waals surface area (Å²) in [5.74, 6) is 1.09. The van der Waals surface area contributed by atoms with E-state index in [0.29, 0.717) is 24.2 Å². The smallest absolute Gasteiger partial charge is 0.149 e. The van der Waals surface area contributed by atoms with Gasteiger partial charge in [-0.25, -0.2) is 0 Å². The molecule has 3 heterocycles. The first kappa shape index (κ1) is 12.1. The lowest BCUT2D eigenvalue weighted by Gasteiger charge is -2.42. The van der Waals surface area contributed by atoms with Crippen LogP contribution in [0.2, 0.25) is 0 Å². The predicted molar refractivity (Wildman–Crippen MR) is 70.1 cm³/mol. The summed E-state index contributed by atoms with van der Waals surface area (Å²) in [6, 6.07) is 2.51. The van der Waals surface area contributed by atoms with E-state index in [1.165, 1.54) is 25.7 Å². The number of hydrogen-bond donors (Lipinski definition) is 1. The van der Waals surface area contributed by atoms with E-state index in [-0.39, 0.29) is 0 Å². The minimum atomic E-state index is 0.382. The van der Waals surface area contributed by atoms with Crippen LogP contribution >= 0.6 is 0 Å². The summed E-state index contributed by atoms with van der Waals surface area (Å²) in [5, 5.41) is 11.7. The molecule has 2 aliphatic rings. The van der Waals surface area contributed by atoms with Gasteiger partial charge in [0.25, 0.3) is 0 Å². The minimum Gasteiger partial charge on any atom is -0.319 e. The standard InChI is InChI=1S/C13H23N5/c1-9(13-16-15-8-17(13)3)18-11-4-5-12(18)7-10(6-11)14-2/h8-12,14H,4-7H2,1-3H3. The second kappa shape index (κ2) is 4.63. The van der Waals surface area contributed by atoms with Crippen molar-refractivity contribution in [1.29, 1.82) is 0 Å². The molecule has 0 radical (unpaired) electrons. The van der Waals surface area contributed by atoms with Crippen molar-refractivity contribution in [2.24, 2.45) is 7.05 Å². The fourth-order valence-electron chi connectivity index (χ4n) is 3.89. The van der Waals surface area contributed by atoms with Crippen molar-refractivity contribution in [2.45, 2.75) is 56.8 Å². The Kier molecular flexibility index (Phi) is 3.11. The van der Waals surface area contributed by atoms with Crippen molar-refractivity contribution in [3.63, 3.8) is 0 Å². The highest BCUT2D eigenvalue weighted by Crippen LogP contribution is 2.40. The van der Waals surface area contributed by atoms with E-state index < -0.39 is 0 Å². The molecule has 3 unspecified atom stereocenters. The van der Waals surface area contributed by atoms with Crippen molar-refractivity contribution in [3.05, 3.63) is 12.2 Å². The maximum Gasteiger partial charge on any atom is 0.149 e. The highest BCUT2D eigenvalue weighted by atomic mass is 15.3. The lowest BCUT2D eigenvalue weighted by molar-refractivity contribution is 0.0736. The van der Waals surface area contributed by atoms with Gasteiger partial charge in [-0.05, 0) is 39.7 Å². The molecule has 2 fully saturated rings. The molecule has 2 saturated heterocycles. The first-order valence-corrected chi connectivity index (χ1v) is 6.99. The Labute approximate surface area is 109 Å². The van der Waals surface area contributed by atoms with Crippen LogP contribution < -0.4 is 5.32 Å². The Bertz CT molecular complexity index is 401. The molecule has 1 N–H and O–H groups in total. The van der Waals surface area contributed by atoms with Crippen LogP contribution in [0.1, 0.15) is 44.5 Å². The molecule has 0 amide bonds. The molecule has 5 heteroatoms. The van der Waals surface area contributed by atoms with Crippen LogP contribution in [0.25, 0.3) is 0 Å². The molecule has 5 nitrogen and oxygen atoms in total. The highest BCUT2D eigenvalue weighted by molar-refractivity contribution is 5.04. The van der Waals surface area contributed by atoms with Gasteiger partial charge < -0.3 is 9.88 Å². The zero-order valence-electron chi connectivity index (χ0n) is 11.5. The topological polar surface area (TPSA) is 46.0 Å². The zero-order valence-corrected chi connectivity index (χ0v) is 11.5. The Morgan fingerprint density at radius 3 is 2.50 bits per heavy atom. The van der Waals surface area contributed by atoms with E-state index in [0.717, 1.165) is 5.82 Å². The summed E-state index contributed by atoms with van der Waals surface area (Å²) in [4.78, 5) is 2.68. The molecule has 1 aromatic rings. The summed E-state index contributed by atoms with van der Waals surface area (Å²) >= 11 is 0. The molecule has 100 valence electrons. The molecule has 18 heavy (non-hydrogen) atoms. The van der Waals surface area contributed by atoms with Crippen LogP contribution in [0.15, 0.2) is 6.33 Å². The summed E-state index contributed by atoms with van der Waals surface area (Å²) < 4.78 is 2.05. The molecule has 0 aromatic carbocycles. The van der Waals surface area contributed by atoms with Gasteiger partial charge in [0.15, 0.2) is 0 Å². The second-order valence-electron chi connectivity index (χ2n) is 5.77. The largest absolute Gasteiger partial charge is 0.319 e. The van der Waals surface area contributed by atoms with Gasteiger partial charge in [-0.3, -0.25) is 4.90 Å². The van der Waals surface area contributed by atoms with Gasteiger partial charge in [0, 0.05) is 25.2 Å². The number of aromatic nitrogens is 3. The number of nitrogens with zero attached hydrogens (tertiary/aromatic N) is 4. The number of nitrogens with one attached hydrogen (secondary N) is 1. The molecule has 0 aliphatic carbocycles. The van der Waals surface area contributed by atoms with E-state index >= 15 is 0 Å². The number of piperidine rings is 1. The molecule has 1 aromatic heterocycles. The number of aryl methyl sites for hydroxylation is 1. The Hall–Kier alpha value is -0.940. The number of fused-ring (bicyclic) bond motifs is 2. The van der Waals surface area contributed by atoms with E-state index in [1.54, 1.807) is 6.33 Å². The molecule has 2 bridgehead atoms. The first-order valence-electron chi connectivity index (χ1n) is 6.99. The molecule has 0 saturated carbocycles. The highest BCUT2D eigenvalue weighted by Gasteiger charge is 2.43. The van der Waals surface area contributed by atoms with Crippen molar-refractivity contribution in [2.75, 3.05) is 7.05 Å². The lowest BCUT2D eigenvalue weighted by Crippen LogP contribution is -2.49. The first-order chi connectivity index (χ1) is 8.70. The average molecular weight is 249 g/mol. The molecular formula is C13H23N5. The van der Waals surface area contributed by atoms with Gasteiger partial charge in [0.05, 0.1) is 6.04 Å². The van der Waals surface area contributed by atoms with Crippen LogP contribution in [0.4, 0.5) is 0 Å². The van der Waals surface area contributed by atoms with Crippen molar-refractivity contribution >= 4 is 0 Å². The fraction of sp³-hybridized carbons (Fsp3) is 0.846. The molecular weight excluding hydrogens is 226 g/mol. The Morgan fingerprint density at radius 1 is 1.33 bits per heavy atom. The van der Waals surface area contributed by atoms with Gasteiger partial charge in [0.1, 0.15) is 12.2 Å². The van der Waals surface area contributed by atoms with Gasteiger partial charge in [0.2, 0.25) is 0 Å². The quantitative estimate of drug-likeness (QED) is 0.871. The van der Waals surface area contributed by atoms with Crippen molar-refractivity contribution < 1.29 is 0 Å². The van der Waals surface area contributed by atoms with Crippen LogP contribution in [0.5, 0.6) is 0 Å². The third kappa shape index (κ3) is 1.86. The molecule has 3 atom stereocenters. The van der Waals surface area contributed by atoms with Crippen LogP contribution in [-0.2, 0) is 7.05 Å². The predicted octanol–water partition coefficient (Wildman–Crippen LogP) is 1.09. The summed E-state index contributed by atoms with van der Waals surface area (Å²) in [7, 11) is 4.12. The number of rotatable bonds is 3. The van der Waals surface area contributed by atoms with E-state index in [9.17, 15) is 0 Å². The molecule has 2 aliphatic heterocycles. The minimum absolute atomic E-state index is 0.382. The van der Waals surface area contributed by atoms with Crippen LogP contribution in [-0.4, -0.2) is 44.8 Å². The average Bonchev–Trinajstić information content (AvgIpc) is 2.90. The number of hydrogen-bond acceptors (Lipinski definition) is 4. The Balaban J connectivity index is 1.80. The monoisotopic (exact) mass is 249 g/mol. The van der Waals surface area contributed by atoms with Gasteiger partial charge in [-0.2, -0.15) is 0 Å². The normalized spacial score (nSPS) is 33.8. The van der Waals surface area contributed by atoms with Gasteiger partial charge in [-0.15, -0.1) is 10.2 Å². The van der Waals surface area contributed by atoms with Gasteiger partial charge >= 0.3 is 0 Å². The summed E-state index contributed by atoms with van der Waals surface area (Å²) in [5.41, 5.74) is 0. The fourth-order valence-corrected chi connectivity index (χ4v) is 3.89. The third-order valence-corrected chi connectivity index (χ3v) is 4.77. The summed E-state index contributed by atoms with van der Waals surface area (Å²) in [6.45, 7) is 2.27. The van der Waals surface area contributed by atoms with Crippen LogP contribution in [0, 0.1) is 0 Å². The van der Waals surface area contributed by atoms with Gasteiger partial charge in [-0.1, -0.05) is 0 Å². The SMILES string of the molecule is CNC1CC2CCC(C1)N2C(C)c1nncn1C. The van der Waals surface area contributed by atoms with E-state index in [2.05, 4.69) is 34.4 Å². The third-order valence-electron chi connectivity index (χ3n) is 4.77. The Morgan fingerprint density at radius 2 is 2.00 bits per heavy atom. The van der Waals surface area contributed by atoms with E-state index in [1.807, 2.05) is 11.6 Å². The molecule has 3 rings (SSSR count). The maximum absolute atomic E-state index is 4.28. The zero-order chi connectivity index (χ0) is 12.7. The van der Waals surface area contributed by atoms with Crippen molar-refractivity contribution in [1.82, 2.24) is 25.0 Å². The summed E-state index contributed by atoms with van der Waals surface area (Å²) in [6.07, 6.45) is 7.02. The molecule has 0 spiro atoms. The lowest BCUT2D eigenvalue weighted by atomic mass is 9.95. The van der Waals surface area contributed by atoms with Crippen molar-refractivity contribution in [3.8, 4) is 0 Å².